The predicted octanol–water partition coefficient (Wildman–Crippen LogP) is 3.90. The van der Waals surface area contributed by atoms with E-state index in [1.165, 1.54) is 0 Å². The standard InChI is InChI=1S/C18H20N2O2/c1-4-17(21)19-15-6-5-7-16(11-15)20-18(22)14-9-12(2)8-13(3)10-14/h5-11H,4H2,1-3H3,(H,19,21)(H,20,22). The van der Waals surface area contributed by atoms with Crippen LogP contribution in [0, 0.1) is 13.8 Å². The molecule has 0 aliphatic rings. The second kappa shape index (κ2) is 6.89. The van der Waals surface area contributed by atoms with E-state index in [9.17, 15) is 9.59 Å². The van der Waals surface area contributed by atoms with Crippen LogP contribution in [0.2, 0.25) is 0 Å². The highest BCUT2D eigenvalue weighted by Gasteiger charge is 2.08. The molecule has 2 N–H and O–H groups in total. The third-order valence-corrected chi connectivity index (χ3v) is 3.21. The summed E-state index contributed by atoms with van der Waals surface area (Å²) in [5.74, 6) is -0.219. The smallest absolute Gasteiger partial charge is 0.255 e. The maximum Gasteiger partial charge on any atom is 0.255 e. The van der Waals surface area contributed by atoms with Crippen LogP contribution in [-0.4, -0.2) is 11.8 Å². The first-order valence-corrected chi connectivity index (χ1v) is 7.27. The molecule has 0 fully saturated rings. The van der Waals surface area contributed by atoms with E-state index in [0.29, 0.717) is 23.4 Å². The van der Waals surface area contributed by atoms with Crippen molar-refractivity contribution in [1.29, 1.82) is 0 Å². The monoisotopic (exact) mass is 296 g/mol. The van der Waals surface area contributed by atoms with Crippen molar-refractivity contribution >= 4 is 23.2 Å². The first kappa shape index (κ1) is 15.8. The van der Waals surface area contributed by atoms with Gasteiger partial charge in [-0.3, -0.25) is 9.59 Å². The summed E-state index contributed by atoms with van der Waals surface area (Å²) in [6.45, 7) is 5.72. The van der Waals surface area contributed by atoms with Crippen LogP contribution in [0.1, 0.15) is 34.8 Å². The molecule has 0 heterocycles. The average molecular weight is 296 g/mol. The zero-order valence-electron chi connectivity index (χ0n) is 13.1. The topological polar surface area (TPSA) is 58.2 Å². The molecule has 0 saturated heterocycles. The van der Waals surface area contributed by atoms with Crippen LogP contribution in [0.5, 0.6) is 0 Å². The highest BCUT2D eigenvalue weighted by Crippen LogP contribution is 2.17. The maximum absolute atomic E-state index is 12.3. The van der Waals surface area contributed by atoms with Crippen LogP contribution in [0.25, 0.3) is 0 Å². The predicted molar refractivity (Wildman–Crippen MR) is 89.2 cm³/mol. The second-order valence-electron chi connectivity index (χ2n) is 5.31. The average Bonchev–Trinajstić information content (AvgIpc) is 2.46. The minimum absolute atomic E-state index is 0.0576. The Bertz CT molecular complexity index is 688. The Kier molecular flexibility index (Phi) is 4.94. The first-order chi connectivity index (χ1) is 10.5. The molecule has 4 heteroatoms. The van der Waals surface area contributed by atoms with Crippen molar-refractivity contribution in [3.05, 3.63) is 59.2 Å². The molecule has 0 aliphatic heterocycles. The van der Waals surface area contributed by atoms with Crippen molar-refractivity contribution in [2.24, 2.45) is 0 Å². The van der Waals surface area contributed by atoms with Gasteiger partial charge in [-0.2, -0.15) is 0 Å². The van der Waals surface area contributed by atoms with Crippen LogP contribution in [0.3, 0.4) is 0 Å². The number of rotatable bonds is 4. The van der Waals surface area contributed by atoms with Crippen molar-refractivity contribution in [2.75, 3.05) is 10.6 Å². The summed E-state index contributed by atoms with van der Waals surface area (Å²) >= 11 is 0. The van der Waals surface area contributed by atoms with Crippen LogP contribution in [-0.2, 0) is 4.79 Å². The fraction of sp³-hybridized carbons (Fsp3) is 0.222. The van der Waals surface area contributed by atoms with Gasteiger partial charge in [-0.05, 0) is 44.2 Å². The maximum atomic E-state index is 12.3. The number of anilines is 2. The lowest BCUT2D eigenvalue weighted by atomic mass is 10.1. The summed E-state index contributed by atoms with van der Waals surface area (Å²) in [5, 5.41) is 5.63. The second-order valence-corrected chi connectivity index (χ2v) is 5.31. The number of hydrogen-bond acceptors (Lipinski definition) is 2. The molecule has 2 aromatic carbocycles. The van der Waals surface area contributed by atoms with E-state index in [-0.39, 0.29) is 11.8 Å². The normalized spacial score (nSPS) is 10.1. The van der Waals surface area contributed by atoms with Crippen molar-refractivity contribution in [3.63, 3.8) is 0 Å². The van der Waals surface area contributed by atoms with Gasteiger partial charge in [0.2, 0.25) is 5.91 Å². The molecule has 2 aromatic rings. The molecule has 2 amide bonds. The van der Waals surface area contributed by atoms with Crippen LogP contribution < -0.4 is 10.6 Å². The number of benzene rings is 2. The SMILES string of the molecule is CCC(=O)Nc1cccc(NC(=O)c2cc(C)cc(C)c2)c1. The first-order valence-electron chi connectivity index (χ1n) is 7.27. The molecule has 0 aromatic heterocycles. The number of carbonyl (C=O) groups is 2. The summed E-state index contributed by atoms with van der Waals surface area (Å²) in [6, 6.07) is 12.9. The molecule has 4 nitrogen and oxygen atoms in total. The quantitative estimate of drug-likeness (QED) is 0.899. The zero-order chi connectivity index (χ0) is 16.1. The minimum atomic E-state index is -0.161. The number of nitrogens with one attached hydrogen (secondary N) is 2. The van der Waals surface area contributed by atoms with Gasteiger partial charge in [0.1, 0.15) is 0 Å². The van der Waals surface area contributed by atoms with Gasteiger partial charge < -0.3 is 10.6 Å². The van der Waals surface area contributed by atoms with Gasteiger partial charge in [-0.1, -0.05) is 30.2 Å². The van der Waals surface area contributed by atoms with E-state index in [4.69, 9.17) is 0 Å². The van der Waals surface area contributed by atoms with E-state index in [2.05, 4.69) is 10.6 Å². The number of aryl methyl sites for hydroxylation is 2. The third kappa shape index (κ3) is 4.19. The summed E-state index contributed by atoms with van der Waals surface area (Å²) in [7, 11) is 0. The molecule has 2 rings (SSSR count). The molecule has 0 unspecified atom stereocenters. The Labute approximate surface area is 130 Å². The lowest BCUT2D eigenvalue weighted by Crippen LogP contribution is -2.13. The fourth-order valence-corrected chi connectivity index (χ4v) is 2.23. The molecule has 0 atom stereocenters. The summed E-state index contributed by atoms with van der Waals surface area (Å²) in [4.78, 5) is 23.7. The molecule has 0 radical (unpaired) electrons. The summed E-state index contributed by atoms with van der Waals surface area (Å²) in [6.07, 6.45) is 0.416. The van der Waals surface area contributed by atoms with E-state index >= 15 is 0 Å². The van der Waals surface area contributed by atoms with Crippen LogP contribution in [0.15, 0.2) is 42.5 Å². The van der Waals surface area contributed by atoms with Crippen LogP contribution in [0.4, 0.5) is 11.4 Å². The van der Waals surface area contributed by atoms with Crippen molar-refractivity contribution < 1.29 is 9.59 Å². The molecule has 0 bridgehead atoms. The van der Waals surface area contributed by atoms with Gasteiger partial charge in [-0.25, -0.2) is 0 Å². The molecule has 0 aliphatic carbocycles. The summed E-state index contributed by atoms with van der Waals surface area (Å²) < 4.78 is 0. The van der Waals surface area contributed by atoms with Crippen molar-refractivity contribution in [3.8, 4) is 0 Å². The van der Waals surface area contributed by atoms with Gasteiger partial charge >= 0.3 is 0 Å². The number of carbonyl (C=O) groups excluding carboxylic acids is 2. The Morgan fingerprint density at radius 2 is 1.50 bits per heavy atom. The van der Waals surface area contributed by atoms with E-state index in [1.54, 1.807) is 31.2 Å². The highest BCUT2D eigenvalue weighted by atomic mass is 16.2. The lowest BCUT2D eigenvalue weighted by Gasteiger charge is -2.09. The van der Waals surface area contributed by atoms with Gasteiger partial charge in [0.15, 0.2) is 0 Å². The zero-order valence-corrected chi connectivity index (χ0v) is 13.1. The Morgan fingerprint density at radius 3 is 2.09 bits per heavy atom. The fourth-order valence-electron chi connectivity index (χ4n) is 2.23. The van der Waals surface area contributed by atoms with Gasteiger partial charge in [-0.15, -0.1) is 0 Å². The number of hydrogen-bond donors (Lipinski definition) is 2. The Hall–Kier alpha value is -2.62. The van der Waals surface area contributed by atoms with Crippen molar-refractivity contribution in [2.45, 2.75) is 27.2 Å². The molecule has 0 saturated carbocycles. The molecular formula is C18H20N2O2. The third-order valence-electron chi connectivity index (χ3n) is 3.21. The minimum Gasteiger partial charge on any atom is -0.326 e. The van der Waals surface area contributed by atoms with E-state index in [0.717, 1.165) is 11.1 Å². The van der Waals surface area contributed by atoms with Gasteiger partial charge in [0.05, 0.1) is 0 Å². The highest BCUT2D eigenvalue weighted by molar-refractivity contribution is 6.05. The lowest BCUT2D eigenvalue weighted by molar-refractivity contribution is -0.115. The molecule has 0 spiro atoms. The molecular weight excluding hydrogens is 276 g/mol. The number of amides is 2. The molecule has 22 heavy (non-hydrogen) atoms. The Morgan fingerprint density at radius 1 is 0.909 bits per heavy atom. The van der Waals surface area contributed by atoms with E-state index < -0.39 is 0 Å². The van der Waals surface area contributed by atoms with Gasteiger partial charge in [0, 0.05) is 23.4 Å². The Balaban J connectivity index is 2.14. The van der Waals surface area contributed by atoms with Crippen molar-refractivity contribution in [1.82, 2.24) is 0 Å². The summed E-state index contributed by atoms with van der Waals surface area (Å²) in [5.41, 5.74) is 4.05. The largest absolute Gasteiger partial charge is 0.326 e. The molecule has 114 valence electrons. The van der Waals surface area contributed by atoms with Crippen LogP contribution >= 0.6 is 0 Å². The van der Waals surface area contributed by atoms with E-state index in [1.807, 2.05) is 32.0 Å². The van der Waals surface area contributed by atoms with Gasteiger partial charge in [0.25, 0.3) is 5.91 Å².